The highest BCUT2D eigenvalue weighted by Gasteiger charge is 2.41. The maximum absolute atomic E-state index is 13.8. The number of hydrogen-bond acceptors (Lipinski definition) is 7. The van der Waals surface area contributed by atoms with E-state index in [1.165, 1.54) is 0 Å². The number of aromatic nitrogens is 6. The van der Waals surface area contributed by atoms with Crippen molar-refractivity contribution in [2.75, 3.05) is 7.11 Å². The fourth-order valence-electron chi connectivity index (χ4n) is 4.85. The van der Waals surface area contributed by atoms with E-state index >= 15 is 0 Å². The maximum atomic E-state index is 13.8. The lowest BCUT2D eigenvalue weighted by atomic mass is 10.0. The van der Waals surface area contributed by atoms with Gasteiger partial charge >= 0.3 is 0 Å². The summed E-state index contributed by atoms with van der Waals surface area (Å²) in [6.07, 6.45) is 6.98. The summed E-state index contributed by atoms with van der Waals surface area (Å²) in [5, 5.41) is 4.64. The normalized spacial score (nSPS) is 15.5. The van der Waals surface area contributed by atoms with Gasteiger partial charge in [-0.25, -0.2) is 4.98 Å². The Balaban J connectivity index is 1.57. The molecule has 0 unspecified atom stereocenters. The Hall–Kier alpha value is -3.56. The summed E-state index contributed by atoms with van der Waals surface area (Å²) < 4.78 is 14.7. The highest BCUT2D eigenvalue weighted by Crippen LogP contribution is 2.41. The number of pyridine rings is 1. The van der Waals surface area contributed by atoms with Crippen molar-refractivity contribution in [1.29, 1.82) is 0 Å². The number of nitrogens with zero attached hydrogens (tertiary/aromatic N) is 6. The highest BCUT2D eigenvalue weighted by molar-refractivity contribution is 6.35. The van der Waals surface area contributed by atoms with E-state index in [-0.39, 0.29) is 17.9 Å². The van der Waals surface area contributed by atoms with Crippen LogP contribution in [0.25, 0.3) is 28.1 Å². The van der Waals surface area contributed by atoms with Gasteiger partial charge in [0.05, 0.1) is 28.3 Å². The van der Waals surface area contributed by atoms with Gasteiger partial charge in [0.1, 0.15) is 23.1 Å². The van der Waals surface area contributed by atoms with Crippen LogP contribution < -0.4 is 5.56 Å². The van der Waals surface area contributed by atoms with Crippen LogP contribution in [0.5, 0.6) is 0 Å². The first-order valence-corrected chi connectivity index (χ1v) is 11.5. The summed E-state index contributed by atoms with van der Waals surface area (Å²) in [5.41, 5.74) is 1.92. The van der Waals surface area contributed by atoms with E-state index in [9.17, 15) is 4.79 Å². The first kappa shape index (κ1) is 21.0. The number of hydrogen-bond donors (Lipinski definition) is 0. The van der Waals surface area contributed by atoms with Crippen molar-refractivity contribution in [3.63, 3.8) is 0 Å². The molecule has 1 aliphatic carbocycles. The Morgan fingerprint density at radius 1 is 1.12 bits per heavy atom. The Bertz CT molecular complexity index is 1570. The topological polar surface area (TPSA) is 100 Å². The van der Waals surface area contributed by atoms with Crippen molar-refractivity contribution in [1.82, 2.24) is 29.1 Å². The van der Waals surface area contributed by atoms with Crippen molar-refractivity contribution in [3.05, 3.63) is 75.9 Å². The van der Waals surface area contributed by atoms with E-state index in [0.717, 1.165) is 36.9 Å². The van der Waals surface area contributed by atoms with Crippen LogP contribution in [0.2, 0.25) is 5.02 Å². The Labute approximate surface area is 199 Å². The third kappa shape index (κ3) is 3.15. The molecule has 9 nitrogen and oxygen atoms in total. The lowest BCUT2D eigenvalue weighted by molar-refractivity contribution is -0.0342. The molecule has 1 aliphatic rings. The largest absolute Gasteiger partial charge is 0.368 e. The molecule has 0 amide bonds. The molecule has 0 saturated heterocycles. The van der Waals surface area contributed by atoms with Gasteiger partial charge in [-0.05, 0) is 49.9 Å². The van der Waals surface area contributed by atoms with Crippen LogP contribution in [-0.2, 0) is 16.9 Å². The standard InChI is InChI=1S/C24H21ClN6O3/c1-33-24(10-3-4-11-24)23-28-21(29-34-23)18-20-22(32)30(13-15-7-2-5-12-26-15)19-16(25)8-6-9-17(19)31(20)14-27-18/h2,5-9,12,14H,3-4,10-11,13H2,1H3. The molecule has 10 heteroatoms. The number of para-hydroxylation sites is 1. The lowest BCUT2D eigenvalue weighted by Crippen LogP contribution is -2.25. The summed E-state index contributed by atoms with van der Waals surface area (Å²) in [6, 6.07) is 11.1. The first-order chi connectivity index (χ1) is 16.6. The molecule has 0 radical (unpaired) electrons. The summed E-state index contributed by atoms with van der Waals surface area (Å²) in [7, 11) is 1.66. The minimum atomic E-state index is -0.583. The van der Waals surface area contributed by atoms with Crippen molar-refractivity contribution in [2.45, 2.75) is 37.8 Å². The van der Waals surface area contributed by atoms with Gasteiger partial charge in [0.25, 0.3) is 11.4 Å². The van der Waals surface area contributed by atoms with E-state index < -0.39 is 5.60 Å². The molecule has 172 valence electrons. The molecule has 0 atom stereocenters. The monoisotopic (exact) mass is 476 g/mol. The van der Waals surface area contributed by atoms with Gasteiger partial charge in [-0.15, -0.1) is 0 Å². The number of methoxy groups -OCH3 is 1. The molecule has 1 fully saturated rings. The molecule has 0 bridgehead atoms. The van der Waals surface area contributed by atoms with Gasteiger partial charge in [-0.2, -0.15) is 4.98 Å². The summed E-state index contributed by atoms with van der Waals surface area (Å²) >= 11 is 6.56. The van der Waals surface area contributed by atoms with Gasteiger partial charge in [-0.1, -0.05) is 28.9 Å². The predicted octanol–water partition coefficient (Wildman–Crippen LogP) is 4.21. The van der Waals surface area contributed by atoms with Gasteiger partial charge in [-0.3, -0.25) is 18.7 Å². The number of benzene rings is 1. The zero-order valence-electron chi connectivity index (χ0n) is 18.4. The molecule has 1 saturated carbocycles. The molecule has 34 heavy (non-hydrogen) atoms. The fraction of sp³-hybridized carbons (Fsp3) is 0.292. The quantitative estimate of drug-likeness (QED) is 0.374. The van der Waals surface area contributed by atoms with Crippen LogP contribution in [0.4, 0.5) is 0 Å². The van der Waals surface area contributed by atoms with E-state index in [1.54, 1.807) is 34.7 Å². The first-order valence-electron chi connectivity index (χ1n) is 11.1. The van der Waals surface area contributed by atoms with E-state index in [4.69, 9.17) is 20.9 Å². The molecular weight excluding hydrogens is 456 g/mol. The summed E-state index contributed by atoms with van der Waals surface area (Å²) in [6.45, 7) is 0.255. The third-order valence-corrected chi connectivity index (χ3v) is 6.89. The molecule has 4 heterocycles. The van der Waals surface area contributed by atoms with Crippen molar-refractivity contribution in [2.24, 2.45) is 0 Å². The molecule has 5 aromatic rings. The second-order valence-electron chi connectivity index (χ2n) is 8.46. The predicted molar refractivity (Wildman–Crippen MR) is 126 cm³/mol. The number of rotatable bonds is 5. The number of ether oxygens (including phenoxy) is 1. The van der Waals surface area contributed by atoms with Crippen LogP contribution in [0, 0.1) is 0 Å². The second-order valence-corrected chi connectivity index (χ2v) is 8.87. The van der Waals surface area contributed by atoms with E-state index in [1.807, 2.05) is 30.3 Å². The van der Waals surface area contributed by atoms with E-state index in [2.05, 4.69) is 20.1 Å². The van der Waals surface area contributed by atoms with Gasteiger partial charge in [0.2, 0.25) is 5.82 Å². The van der Waals surface area contributed by atoms with Crippen LogP contribution in [-0.4, -0.2) is 36.2 Å². The van der Waals surface area contributed by atoms with Gasteiger partial charge in [0, 0.05) is 13.3 Å². The Morgan fingerprint density at radius 2 is 1.97 bits per heavy atom. The molecule has 4 aromatic heterocycles. The zero-order valence-corrected chi connectivity index (χ0v) is 19.2. The summed E-state index contributed by atoms with van der Waals surface area (Å²) in [4.78, 5) is 27.3. The molecule has 1 aromatic carbocycles. The average Bonchev–Trinajstić information content (AvgIpc) is 3.62. The maximum Gasteiger partial charge on any atom is 0.278 e. The van der Waals surface area contributed by atoms with Crippen LogP contribution in [0.1, 0.15) is 37.3 Å². The van der Waals surface area contributed by atoms with Gasteiger partial charge in [0.15, 0.2) is 0 Å². The van der Waals surface area contributed by atoms with E-state index in [0.29, 0.717) is 27.6 Å². The van der Waals surface area contributed by atoms with Crippen molar-refractivity contribution >= 4 is 28.2 Å². The summed E-state index contributed by atoms with van der Waals surface area (Å²) in [5.74, 6) is 0.671. The smallest absolute Gasteiger partial charge is 0.278 e. The molecule has 0 N–H and O–H groups in total. The van der Waals surface area contributed by atoms with Crippen LogP contribution in [0.3, 0.4) is 0 Å². The van der Waals surface area contributed by atoms with Crippen molar-refractivity contribution < 1.29 is 9.26 Å². The molecule has 0 aliphatic heterocycles. The number of imidazole rings is 1. The Morgan fingerprint density at radius 3 is 2.74 bits per heavy atom. The SMILES string of the molecule is COC1(c2nc(-c3ncn4c3c(=O)n(Cc3ccccn3)c3c(Cl)cccc34)no2)CCCC1. The van der Waals surface area contributed by atoms with Gasteiger partial charge < -0.3 is 9.26 Å². The molecule has 6 rings (SSSR count). The average molecular weight is 477 g/mol. The zero-order chi connectivity index (χ0) is 23.3. The molecule has 0 spiro atoms. The third-order valence-electron chi connectivity index (χ3n) is 6.59. The highest BCUT2D eigenvalue weighted by atomic mass is 35.5. The minimum absolute atomic E-state index is 0.253. The lowest BCUT2D eigenvalue weighted by Gasteiger charge is -2.21. The minimum Gasteiger partial charge on any atom is -0.368 e. The Kier molecular flexibility index (Phi) is 4.96. The molecular formula is C24H21ClN6O3. The van der Waals surface area contributed by atoms with Crippen LogP contribution in [0.15, 0.2) is 58.2 Å². The second kappa shape index (κ2) is 8.03. The number of halogens is 1. The van der Waals surface area contributed by atoms with Crippen LogP contribution >= 0.6 is 11.6 Å². The van der Waals surface area contributed by atoms with Crippen molar-refractivity contribution in [3.8, 4) is 11.5 Å². The number of fused-ring (bicyclic) bond motifs is 3. The fourth-order valence-corrected chi connectivity index (χ4v) is 5.13.